The van der Waals surface area contributed by atoms with Crippen molar-refractivity contribution in [2.75, 3.05) is 25.4 Å². The van der Waals surface area contributed by atoms with Gasteiger partial charge in [0.15, 0.2) is 5.78 Å². The molecule has 0 fully saturated rings. The molecule has 0 saturated carbocycles. The molecule has 3 N–H and O–H groups in total. The minimum Gasteiger partial charge on any atom is -0.347 e. The summed E-state index contributed by atoms with van der Waals surface area (Å²) in [6, 6.07) is 0. The predicted octanol–water partition coefficient (Wildman–Crippen LogP) is 0.830. The van der Waals surface area contributed by atoms with Crippen LogP contribution in [0, 0.1) is 5.92 Å². The summed E-state index contributed by atoms with van der Waals surface area (Å²) < 4.78 is 0. The van der Waals surface area contributed by atoms with Crippen LogP contribution in [0.15, 0.2) is 0 Å². The van der Waals surface area contributed by atoms with Gasteiger partial charge in [-0.2, -0.15) is 11.8 Å². The fourth-order valence-electron chi connectivity index (χ4n) is 1.35. The summed E-state index contributed by atoms with van der Waals surface area (Å²) in [6.07, 6.45) is 0.355. The third kappa shape index (κ3) is 12.6. The zero-order valence-corrected chi connectivity index (χ0v) is 15.0. The second kappa shape index (κ2) is 11.9. The van der Waals surface area contributed by atoms with Gasteiger partial charge in [-0.25, -0.2) is 0 Å². The van der Waals surface area contributed by atoms with Crippen LogP contribution in [0.25, 0.3) is 0 Å². The minimum absolute atomic E-state index is 0. The number of carbonyl (C=O) groups excluding carboxylic acids is 4. The summed E-state index contributed by atoms with van der Waals surface area (Å²) in [5.74, 6) is -0.588. The molecule has 0 rings (SSSR count). The van der Waals surface area contributed by atoms with E-state index in [4.69, 9.17) is 0 Å². The molecule has 0 heterocycles. The quantitative estimate of drug-likeness (QED) is 0.511. The van der Waals surface area contributed by atoms with E-state index in [2.05, 4.69) is 29.8 Å². The Morgan fingerprint density at radius 3 is 1.78 bits per heavy atom. The van der Waals surface area contributed by atoms with Crippen molar-refractivity contribution in [2.24, 2.45) is 5.92 Å². The first-order chi connectivity index (χ1) is 10.7. The van der Waals surface area contributed by atoms with Crippen LogP contribution < -0.4 is 16.0 Å². The van der Waals surface area contributed by atoms with Gasteiger partial charge in [-0.1, -0.05) is 27.7 Å². The van der Waals surface area contributed by atoms with Crippen molar-refractivity contribution in [2.45, 2.75) is 39.4 Å². The zero-order valence-electron chi connectivity index (χ0n) is 14.2. The average molecular weight is 352 g/mol. The number of Topliss-reactive ketones (excluding diaryl/α,β-unsaturated/α-hetero) is 1. The first-order valence-electron chi connectivity index (χ1n) is 7.66. The van der Waals surface area contributed by atoms with Crippen LogP contribution in [-0.2, 0) is 19.2 Å². The van der Waals surface area contributed by atoms with E-state index in [9.17, 15) is 19.2 Å². The van der Waals surface area contributed by atoms with E-state index >= 15 is 0 Å². The molecule has 0 radical (unpaired) electrons. The van der Waals surface area contributed by atoms with Crippen molar-refractivity contribution in [1.29, 1.82) is 0 Å². The molecule has 0 aromatic rings. The van der Waals surface area contributed by atoms with Crippen molar-refractivity contribution in [3.05, 3.63) is 0 Å². The highest BCUT2D eigenvalue weighted by molar-refractivity contribution is 7.99. The van der Waals surface area contributed by atoms with E-state index in [-0.39, 0.29) is 41.5 Å². The molecule has 0 aliphatic carbocycles. The second-order valence-corrected chi connectivity index (χ2v) is 7.31. The number of rotatable bonds is 11. The average Bonchev–Trinajstić information content (AvgIpc) is 2.47. The van der Waals surface area contributed by atoms with E-state index in [1.807, 2.05) is 0 Å². The lowest BCUT2D eigenvalue weighted by molar-refractivity contribution is -0.128. The molecule has 7 nitrogen and oxygen atoms in total. The smallest absolute Gasteiger partial charge is 0.239 e. The molecule has 8 heteroatoms. The number of thioether (sulfide) groups is 1. The first-order valence-corrected chi connectivity index (χ1v) is 8.71. The maximum atomic E-state index is 11.5. The van der Waals surface area contributed by atoms with Crippen LogP contribution >= 0.6 is 11.8 Å². The summed E-state index contributed by atoms with van der Waals surface area (Å²) >= 11 is 1.68. The Balaban J connectivity index is -0.000000807. The minimum atomic E-state index is -0.444. The summed E-state index contributed by atoms with van der Waals surface area (Å²) in [6.45, 7) is 7.17. The monoisotopic (exact) mass is 351 g/mol. The standard InChI is InChI=1S/C15H27N3O4S.3H2/c1-10(2)12(19)7-16-14(21)9-18-15(22)8-17-13(20)5-6-23-11(3)4;;;/h10-11H,5-9H2,1-4H3,(H,16,21)(H,17,20)(H,18,22);3*1H. The SMILES string of the molecule is CC(C)SCCC(=O)NCC(=O)NCC(=O)NCC(=O)C(C)C.[HH].[HH].[HH]. The molecule has 0 spiro atoms. The maximum Gasteiger partial charge on any atom is 0.239 e. The molecule has 3 amide bonds. The number of carbonyl (C=O) groups is 4. The molecule has 0 saturated heterocycles. The van der Waals surface area contributed by atoms with Crippen LogP contribution in [0.2, 0.25) is 0 Å². The lowest BCUT2D eigenvalue weighted by Crippen LogP contribution is -2.43. The predicted molar refractivity (Wildman–Crippen MR) is 97.4 cm³/mol. The largest absolute Gasteiger partial charge is 0.347 e. The van der Waals surface area contributed by atoms with Gasteiger partial charge >= 0.3 is 0 Å². The molecular formula is C15H33N3O4S. The van der Waals surface area contributed by atoms with E-state index in [0.29, 0.717) is 17.4 Å². The highest BCUT2D eigenvalue weighted by Crippen LogP contribution is 2.09. The Labute approximate surface area is 146 Å². The molecular weight excluding hydrogens is 318 g/mol. The molecule has 0 aliphatic heterocycles. The van der Waals surface area contributed by atoms with E-state index < -0.39 is 11.8 Å². The number of hydrogen-bond acceptors (Lipinski definition) is 5. The number of amides is 3. The van der Waals surface area contributed by atoms with Crippen molar-refractivity contribution in [3.8, 4) is 0 Å². The highest BCUT2D eigenvalue weighted by atomic mass is 32.2. The molecule has 0 bridgehead atoms. The Bertz CT molecular complexity index is 438. The number of ketones is 1. The third-order valence-corrected chi connectivity index (χ3v) is 3.88. The highest BCUT2D eigenvalue weighted by Gasteiger charge is 2.11. The van der Waals surface area contributed by atoms with Crippen LogP contribution in [0.4, 0.5) is 0 Å². The third-order valence-electron chi connectivity index (χ3n) is 2.78. The summed E-state index contributed by atoms with van der Waals surface area (Å²) in [7, 11) is 0. The Morgan fingerprint density at radius 1 is 0.826 bits per heavy atom. The van der Waals surface area contributed by atoms with Crippen molar-refractivity contribution < 1.29 is 23.5 Å². The Morgan fingerprint density at radius 2 is 1.30 bits per heavy atom. The Hall–Kier alpha value is -1.57. The molecule has 0 aromatic heterocycles. The summed E-state index contributed by atoms with van der Waals surface area (Å²) in [5.41, 5.74) is 0. The summed E-state index contributed by atoms with van der Waals surface area (Å²) in [5, 5.41) is 7.77. The van der Waals surface area contributed by atoms with Gasteiger partial charge < -0.3 is 16.0 Å². The summed E-state index contributed by atoms with van der Waals surface area (Å²) in [4.78, 5) is 45.8. The first kappa shape index (κ1) is 21.4. The van der Waals surface area contributed by atoms with Crippen LogP contribution in [-0.4, -0.2) is 54.1 Å². The van der Waals surface area contributed by atoms with Gasteiger partial charge in [0.05, 0.1) is 19.6 Å². The van der Waals surface area contributed by atoms with Gasteiger partial charge in [0.1, 0.15) is 0 Å². The van der Waals surface area contributed by atoms with E-state index in [0.717, 1.165) is 0 Å². The van der Waals surface area contributed by atoms with Crippen LogP contribution in [0.3, 0.4) is 0 Å². The molecule has 0 aromatic carbocycles. The van der Waals surface area contributed by atoms with Crippen LogP contribution in [0.5, 0.6) is 0 Å². The fourth-order valence-corrected chi connectivity index (χ4v) is 2.12. The molecule has 23 heavy (non-hydrogen) atoms. The van der Waals surface area contributed by atoms with E-state index in [1.165, 1.54) is 0 Å². The lowest BCUT2D eigenvalue weighted by atomic mass is 10.1. The number of nitrogens with one attached hydrogen (secondary N) is 3. The van der Waals surface area contributed by atoms with Gasteiger partial charge in [-0.3, -0.25) is 19.2 Å². The van der Waals surface area contributed by atoms with Gasteiger partial charge in [0.2, 0.25) is 17.7 Å². The second-order valence-electron chi connectivity index (χ2n) is 5.62. The lowest BCUT2D eigenvalue weighted by Gasteiger charge is -2.09. The van der Waals surface area contributed by atoms with Crippen LogP contribution in [0.1, 0.15) is 38.4 Å². The van der Waals surface area contributed by atoms with E-state index in [1.54, 1.807) is 25.6 Å². The molecule has 138 valence electrons. The topological polar surface area (TPSA) is 104 Å². The van der Waals surface area contributed by atoms with Gasteiger partial charge in [0.25, 0.3) is 0 Å². The van der Waals surface area contributed by atoms with Gasteiger partial charge in [-0.15, -0.1) is 0 Å². The van der Waals surface area contributed by atoms with Gasteiger partial charge in [-0.05, 0) is 5.25 Å². The molecule has 0 aliphatic rings. The number of hydrogen-bond donors (Lipinski definition) is 3. The zero-order chi connectivity index (χ0) is 17.8. The van der Waals surface area contributed by atoms with Crippen molar-refractivity contribution in [3.63, 3.8) is 0 Å². The molecule has 0 atom stereocenters. The Kier molecular flexibility index (Phi) is 11.1. The molecule has 0 unspecified atom stereocenters. The normalized spacial score (nSPS) is 10.5. The van der Waals surface area contributed by atoms with Gasteiger partial charge in [0, 0.05) is 22.4 Å². The fraction of sp³-hybridized carbons (Fsp3) is 0.733. The maximum absolute atomic E-state index is 11.5. The van der Waals surface area contributed by atoms with Crippen molar-refractivity contribution >= 4 is 35.3 Å². The van der Waals surface area contributed by atoms with Crippen molar-refractivity contribution in [1.82, 2.24) is 16.0 Å².